The number of rotatable bonds is 2. The van der Waals surface area contributed by atoms with Crippen LogP contribution in [-0.4, -0.2) is 22.3 Å². The van der Waals surface area contributed by atoms with E-state index in [0.717, 1.165) is 19.3 Å². The first-order chi connectivity index (χ1) is 9.24. The highest BCUT2D eigenvalue weighted by Crippen LogP contribution is 2.21. The van der Waals surface area contributed by atoms with Gasteiger partial charge in [0.2, 0.25) is 11.5 Å². The molecule has 0 radical (unpaired) electrons. The Balaban J connectivity index is 1.70. The normalized spacial score (nSPS) is 17.8. The van der Waals surface area contributed by atoms with Crippen LogP contribution in [0.4, 0.5) is 5.82 Å². The lowest BCUT2D eigenvalue weighted by Gasteiger charge is -2.25. The molecule has 3 N–H and O–H groups in total. The third-order valence-corrected chi connectivity index (χ3v) is 3.41. The van der Waals surface area contributed by atoms with Crippen LogP contribution in [0.15, 0.2) is 28.9 Å². The topological polar surface area (TPSA) is 94.0 Å². The minimum absolute atomic E-state index is 0.0220. The van der Waals surface area contributed by atoms with Gasteiger partial charge in [-0.3, -0.25) is 4.79 Å². The first-order valence-corrected chi connectivity index (χ1v) is 6.19. The Morgan fingerprint density at radius 2 is 2.11 bits per heavy atom. The standard InChI is InChI=1S/C13H14N4O2/c14-12-11(16-19-17-12)13(18)15-10-6-5-8-3-1-2-4-9(8)7-10/h1-4,10H,5-7H2,(H2,14,17)(H,15,18). The van der Waals surface area contributed by atoms with Gasteiger partial charge in [-0.1, -0.05) is 24.3 Å². The summed E-state index contributed by atoms with van der Waals surface area (Å²) in [6.07, 6.45) is 2.70. The average Bonchev–Trinajstić information content (AvgIpc) is 2.85. The van der Waals surface area contributed by atoms with E-state index in [0.29, 0.717) is 0 Å². The lowest BCUT2D eigenvalue weighted by Crippen LogP contribution is -2.39. The number of benzene rings is 1. The van der Waals surface area contributed by atoms with Crippen LogP contribution in [0.5, 0.6) is 0 Å². The van der Waals surface area contributed by atoms with Crippen LogP contribution in [0, 0.1) is 0 Å². The molecule has 0 fully saturated rings. The van der Waals surface area contributed by atoms with Crippen molar-refractivity contribution in [1.82, 2.24) is 15.6 Å². The molecule has 1 atom stereocenters. The average molecular weight is 258 g/mol. The SMILES string of the molecule is Nc1nonc1C(=O)NC1CCc2ccccc2C1. The third kappa shape index (κ3) is 2.29. The van der Waals surface area contributed by atoms with E-state index in [2.05, 4.69) is 32.4 Å². The molecule has 1 aliphatic rings. The molecule has 1 aromatic carbocycles. The molecule has 0 bridgehead atoms. The van der Waals surface area contributed by atoms with E-state index in [4.69, 9.17) is 5.73 Å². The number of carbonyl (C=O) groups excluding carboxylic acids is 1. The molecule has 1 aliphatic carbocycles. The molecule has 6 nitrogen and oxygen atoms in total. The first kappa shape index (κ1) is 11.7. The van der Waals surface area contributed by atoms with Gasteiger partial charge < -0.3 is 11.1 Å². The number of carbonyl (C=O) groups is 1. The van der Waals surface area contributed by atoms with Crippen LogP contribution >= 0.6 is 0 Å². The summed E-state index contributed by atoms with van der Waals surface area (Å²) in [5.74, 6) is -0.308. The van der Waals surface area contributed by atoms with Gasteiger partial charge in [0.25, 0.3) is 5.91 Å². The van der Waals surface area contributed by atoms with Gasteiger partial charge in [-0.25, -0.2) is 4.63 Å². The number of hydrogen-bond acceptors (Lipinski definition) is 5. The second kappa shape index (κ2) is 4.72. The number of amides is 1. The lowest BCUT2D eigenvalue weighted by atomic mass is 9.88. The molecule has 0 saturated carbocycles. The largest absolute Gasteiger partial charge is 0.379 e. The molecule has 2 aromatic rings. The fourth-order valence-corrected chi connectivity index (χ4v) is 2.43. The molecule has 98 valence electrons. The van der Waals surface area contributed by atoms with Crippen LogP contribution in [0.3, 0.4) is 0 Å². The van der Waals surface area contributed by atoms with Gasteiger partial charge in [0.05, 0.1) is 0 Å². The number of anilines is 1. The Bertz CT molecular complexity index is 608. The highest BCUT2D eigenvalue weighted by atomic mass is 16.6. The van der Waals surface area contributed by atoms with Gasteiger partial charge >= 0.3 is 0 Å². The van der Waals surface area contributed by atoms with E-state index in [-0.39, 0.29) is 23.5 Å². The molecule has 3 rings (SSSR count). The summed E-state index contributed by atoms with van der Waals surface area (Å²) in [4.78, 5) is 12.0. The molecular formula is C13H14N4O2. The molecule has 1 heterocycles. The number of fused-ring (bicyclic) bond motifs is 1. The van der Waals surface area contributed by atoms with Crippen LogP contribution in [-0.2, 0) is 12.8 Å². The second-order valence-electron chi connectivity index (χ2n) is 4.68. The zero-order valence-corrected chi connectivity index (χ0v) is 10.3. The maximum Gasteiger partial charge on any atom is 0.277 e. The molecule has 0 spiro atoms. The Kier molecular flexibility index (Phi) is 2.91. The van der Waals surface area contributed by atoms with Crippen LogP contribution in [0.1, 0.15) is 28.0 Å². The highest BCUT2D eigenvalue weighted by Gasteiger charge is 2.23. The fraction of sp³-hybridized carbons (Fsp3) is 0.308. The monoisotopic (exact) mass is 258 g/mol. The molecule has 0 saturated heterocycles. The maximum absolute atomic E-state index is 12.0. The van der Waals surface area contributed by atoms with Gasteiger partial charge in [-0.05, 0) is 40.7 Å². The van der Waals surface area contributed by atoms with E-state index >= 15 is 0 Å². The molecule has 19 heavy (non-hydrogen) atoms. The fourth-order valence-electron chi connectivity index (χ4n) is 2.43. The molecular weight excluding hydrogens is 244 g/mol. The summed E-state index contributed by atoms with van der Waals surface area (Å²) >= 11 is 0. The molecule has 1 aromatic heterocycles. The quantitative estimate of drug-likeness (QED) is 0.836. The minimum Gasteiger partial charge on any atom is -0.379 e. The molecule has 1 amide bonds. The van der Waals surface area contributed by atoms with Crippen LogP contribution < -0.4 is 11.1 Å². The smallest absolute Gasteiger partial charge is 0.277 e. The van der Waals surface area contributed by atoms with Crippen molar-refractivity contribution in [3.8, 4) is 0 Å². The van der Waals surface area contributed by atoms with E-state index < -0.39 is 0 Å². The van der Waals surface area contributed by atoms with Gasteiger partial charge in [-0.15, -0.1) is 0 Å². The van der Waals surface area contributed by atoms with Crippen molar-refractivity contribution in [3.05, 3.63) is 41.1 Å². The lowest BCUT2D eigenvalue weighted by molar-refractivity contribution is 0.0924. The third-order valence-electron chi connectivity index (χ3n) is 3.41. The van der Waals surface area contributed by atoms with Crippen LogP contribution in [0.25, 0.3) is 0 Å². The van der Waals surface area contributed by atoms with Crippen molar-refractivity contribution < 1.29 is 9.42 Å². The van der Waals surface area contributed by atoms with Gasteiger partial charge in [0, 0.05) is 6.04 Å². The highest BCUT2D eigenvalue weighted by molar-refractivity contribution is 5.96. The molecule has 1 unspecified atom stereocenters. The minimum atomic E-state index is -0.330. The molecule has 6 heteroatoms. The van der Waals surface area contributed by atoms with E-state index in [1.807, 2.05) is 12.1 Å². The van der Waals surface area contributed by atoms with Gasteiger partial charge in [0.1, 0.15) is 0 Å². The Hall–Kier alpha value is -2.37. The number of nitrogens with one attached hydrogen (secondary N) is 1. The van der Waals surface area contributed by atoms with Crippen molar-refractivity contribution in [2.24, 2.45) is 0 Å². The number of nitrogens with two attached hydrogens (primary N) is 1. The van der Waals surface area contributed by atoms with E-state index in [1.165, 1.54) is 11.1 Å². The van der Waals surface area contributed by atoms with E-state index in [1.54, 1.807) is 0 Å². The number of nitrogen functional groups attached to an aromatic ring is 1. The van der Waals surface area contributed by atoms with Gasteiger partial charge in [-0.2, -0.15) is 0 Å². The Morgan fingerprint density at radius 1 is 1.32 bits per heavy atom. The van der Waals surface area contributed by atoms with Crippen molar-refractivity contribution in [2.45, 2.75) is 25.3 Å². The molecule has 0 aliphatic heterocycles. The number of nitrogens with zero attached hydrogens (tertiary/aromatic N) is 2. The predicted molar refractivity (Wildman–Crippen MR) is 68.4 cm³/mol. The van der Waals surface area contributed by atoms with Crippen molar-refractivity contribution in [3.63, 3.8) is 0 Å². The van der Waals surface area contributed by atoms with Crippen molar-refractivity contribution >= 4 is 11.7 Å². The number of aromatic nitrogens is 2. The summed E-state index contributed by atoms with van der Waals surface area (Å²) in [5.41, 5.74) is 8.19. The van der Waals surface area contributed by atoms with Crippen molar-refractivity contribution in [2.75, 3.05) is 5.73 Å². The van der Waals surface area contributed by atoms with Gasteiger partial charge in [0.15, 0.2) is 0 Å². The van der Waals surface area contributed by atoms with Crippen molar-refractivity contribution in [1.29, 1.82) is 0 Å². The summed E-state index contributed by atoms with van der Waals surface area (Å²) in [6, 6.07) is 8.38. The Labute approximate surface area is 109 Å². The van der Waals surface area contributed by atoms with E-state index in [9.17, 15) is 4.79 Å². The Morgan fingerprint density at radius 3 is 2.84 bits per heavy atom. The first-order valence-electron chi connectivity index (χ1n) is 6.19. The zero-order valence-electron chi connectivity index (χ0n) is 10.3. The predicted octanol–water partition coefficient (Wildman–Crippen LogP) is 0.939. The zero-order chi connectivity index (χ0) is 13.2. The number of aryl methyl sites for hydroxylation is 1. The summed E-state index contributed by atoms with van der Waals surface area (Å²) < 4.78 is 4.43. The van der Waals surface area contributed by atoms with Crippen LogP contribution in [0.2, 0.25) is 0 Å². The number of hydrogen-bond donors (Lipinski definition) is 2. The summed E-state index contributed by atoms with van der Waals surface area (Å²) in [6.45, 7) is 0. The summed E-state index contributed by atoms with van der Waals surface area (Å²) in [7, 11) is 0. The second-order valence-corrected chi connectivity index (χ2v) is 4.68. The summed E-state index contributed by atoms with van der Waals surface area (Å²) in [5, 5.41) is 9.82. The maximum atomic E-state index is 12.0.